The Balaban J connectivity index is 1.76. The third kappa shape index (κ3) is 3.15. The average molecular weight is 500 g/mol. The summed E-state index contributed by atoms with van der Waals surface area (Å²) in [7, 11) is 5.05. The van der Waals surface area contributed by atoms with Crippen LogP contribution in [-0.4, -0.2) is 29.8 Å². The van der Waals surface area contributed by atoms with Gasteiger partial charge >= 0.3 is 5.69 Å². The van der Waals surface area contributed by atoms with Crippen LogP contribution in [-0.2, 0) is 32.4 Å². The number of fused-ring (bicyclic) bond motifs is 4. The number of ether oxygens (including phenoxy) is 1. The van der Waals surface area contributed by atoms with Crippen LogP contribution in [0.3, 0.4) is 0 Å². The molecule has 0 saturated carbocycles. The highest BCUT2D eigenvalue weighted by Crippen LogP contribution is 2.43. The number of para-hydroxylation sites is 1. The molecule has 1 aliphatic heterocycles. The van der Waals surface area contributed by atoms with Gasteiger partial charge in [0.1, 0.15) is 6.10 Å². The molecule has 1 aliphatic rings. The van der Waals surface area contributed by atoms with E-state index < -0.39 is 22.3 Å². The number of rotatable bonds is 3. The van der Waals surface area contributed by atoms with Gasteiger partial charge in [-0.3, -0.25) is 24.0 Å². The number of nitrogens with zero attached hydrogens (tertiary/aromatic N) is 5. The van der Waals surface area contributed by atoms with E-state index in [4.69, 9.17) is 4.74 Å². The van der Waals surface area contributed by atoms with E-state index >= 15 is 0 Å². The fourth-order valence-electron chi connectivity index (χ4n) is 5.65. The van der Waals surface area contributed by atoms with Crippen LogP contribution in [0.4, 0.5) is 5.69 Å². The monoisotopic (exact) mass is 499 g/mol. The molecule has 5 aromatic rings. The van der Waals surface area contributed by atoms with Gasteiger partial charge in [0.15, 0.2) is 0 Å². The summed E-state index contributed by atoms with van der Waals surface area (Å²) < 4.78 is 12.9. The second-order valence-corrected chi connectivity index (χ2v) is 9.54. The number of nitro benzene ring substituents is 1. The summed E-state index contributed by atoms with van der Waals surface area (Å²) in [6.45, 7) is 2.48. The van der Waals surface area contributed by atoms with Gasteiger partial charge < -0.3 is 13.9 Å². The molecule has 0 spiro atoms. The maximum Gasteiger partial charge on any atom is 0.331 e. The van der Waals surface area contributed by atoms with E-state index in [1.54, 1.807) is 26.1 Å². The smallest absolute Gasteiger partial charge is 0.331 e. The van der Waals surface area contributed by atoms with Crippen molar-refractivity contribution in [1.82, 2.24) is 18.3 Å². The van der Waals surface area contributed by atoms with Gasteiger partial charge in [0, 0.05) is 67.5 Å². The third-order valence-electron chi connectivity index (χ3n) is 7.44. The molecular formula is C27H25N5O5. The highest BCUT2D eigenvalue weighted by molar-refractivity contribution is 5.97. The summed E-state index contributed by atoms with van der Waals surface area (Å²) in [5.41, 5.74) is 3.82. The Bertz CT molecular complexity index is 1890. The SMILES string of the molecule is Cc1ccc(-c2c3c(=O)n(C)c(=O)n(C)c3c3n2CCO[C@H]3c2cn(C)c3ccccc23)cc1[N+](=O)[O-]. The van der Waals surface area contributed by atoms with E-state index in [1.165, 1.54) is 17.7 Å². The molecule has 1 atom stereocenters. The quantitative estimate of drug-likeness (QED) is 0.279. The molecule has 0 bridgehead atoms. The van der Waals surface area contributed by atoms with Crippen LogP contribution in [0.1, 0.15) is 22.9 Å². The molecule has 3 aromatic heterocycles. The predicted octanol–water partition coefficient (Wildman–Crippen LogP) is 3.53. The number of nitro groups is 1. The highest BCUT2D eigenvalue weighted by Gasteiger charge is 2.34. The van der Waals surface area contributed by atoms with Gasteiger partial charge in [0.2, 0.25) is 0 Å². The Kier molecular flexibility index (Phi) is 4.99. The van der Waals surface area contributed by atoms with E-state index in [-0.39, 0.29) is 5.69 Å². The first-order valence-corrected chi connectivity index (χ1v) is 11.9. The van der Waals surface area contributed by atoms with Gasteiger partial charge in [-0.25, -0.2) is 4.79 Å². The molecule has 6 rings (SSSR count). The number of aromatic nitrogens is 4. The highest BCUT2D eigenvalue weighted by atomic mass is 16.6. The Labute approximate surface area is 210 Å². The van der Waals surface area contributed by atoms with Crippen molar-refractivity contribution in [2.75, 3.05) is 6.61 Å². The summed E-state index contributed by atoms with van der Waals surface area (Å²) in [4.78, 5) is 38.0. The lowest BCUT2D eigenvalue weighted by Crippen LogP contribution is -2.37. The topological polar surface area (TPSA) is 106 Å². The minimum Gasteiger partial charge on any atom is -0.365 e. The molecule has 4 heterocycles. The summed E-state index contributed by atoms with van der Waals surface area (Å²) >= 11 is 0. The Morgan fingerprint density at radius 2 is 1.81 bits per heavy atom. The standard InChI is InChI=1S/C27H25N5O5/c1-15-9-10-16(13-20(15)32(35)36)22-21-23(29(3)27(34)30(4)26(21)33)24-25(37-12-11-31(22)24)18-14-28(2)19-8-6-5-7-17(18)19/h5-10,13-14,25H,11-12H2,1-4H3/t25-/m0/s1. The molecular weight excluding hydrogens is 474 g/mol. The van der Waals surface area contributed by atoms with Gasteiger partial charge in [-0.2, -0.15) is 0 Å². The summed E-state index contributed by atoms with van der Waals surface area (Å²) in [6.07, 6.45) is 1.47. The molecule has 0 saturated heterocycles. The first-order valence-electron chi connectivity index (χ1n) is 11.9. The van der Waals surface area contributed by atoms with Gasteiger partial charge in [-0.1, -0.05) is 30.3 Å². The van der Waals surface area contributed by atoms with Crippen molar-refractivity contribution in [1.29, 1.82) is 0 Å². The van der Waals surface area contributed by atoms with E-state index in [0.29, 0.717) is 46.6 Å². The van der Waals surface area contributed by atoms with Crippen LogP contribution in [0.2, 0.25) is 0 Å². The van der Waals surface area contributed by atoms with Gasteiger partial charge in [-0.15, -0.1) is 0 Å². The molecule has 0 fully saturated rings. The van der Waals surface area contributed by atoms with Crippen LogP contribution in [0.15, 0.2) is 58.3 Å². The molecule has 0 radical (unpaired) electrons. The van der Waals surface area contributed by atoms with Crippen LogP contribution in [0.25, 0.3) is 33.1 Å². The number of aryl methyl sites for hydroxylation is 3. The summed E-state index contributed by atoms with van der Waals surface area (Å²) in [5.74, 6) is 0. The molecule has 10 nitrogen and oxygen atoms in total. The lowest BCUT2D eigenvalue weighted by molar-refractivity contribution is -0.385. The lowest BCUT2D eigenvalue weighted by Gasteiger charge is -2.27. The summed E-state index contributed by atoms with van der Waals surface area (Å²) in [6, 6.07) is 13.0. The molecule has 0 unspecified atom stereocenters. The number of hydrogen-bond donors (Lipinski definition) is 0. The zero-order valence-corrected chi connectivity index (χ0v) is 20.9. The van der Waals surface area contributed by atoms with E-state index in [1.807, 2.05) is 46.6 Å². The Hall–Kier alpha value is -4.44. The van der Waals surface area contributed by atoms with E-state index in [2.05, 4.69) is 0 Å². The maximum absolute atomic E-state index is 13.6. The summed E-state index contributed by atoms with van der Waals surface area (Å²) in [5, 5.41) is 13.1. The molecule has 10 heteroatoms. The Morgan fingerprint density at radius 3 is 2.57 bits per heavy atom. The van der Waals surface area contributed by atoms with Crippen molar-refractivity contribution in [2.45, 2.75) is 19.6 Å². The minimum absolute atomic E-state index is 0.0273. The lowest BCUT2D eigenvalue weighted by atomic mass is 10.0. The number of hydrogen-bond acceptors (Lipinski definition) is 5. The second kappa shape index (κ2) is 8.04. The van der Waals surface area contributed by atoms with Crippen LogP contribution in [0, 0.1) is 17.0 Å². The fraction of sp³-hybridized carbons (Fsp3) is 0.259. The first kappa shape index (κ1) is 23.0. The van der Waals surface area contributed by atoms with Crippen LogP contribution < -0.4 is 11.2 Å². The molecule has 2 aromatic carbocycles. The van der Waals surface area contributed by atoms with Crippen LogP contribution >= 0.6 is 0 Å². The van der Waals surface area contributed by atoms with Crippen molar-refractivity contribution >= 4 is 27.5 Å². The largest absolute Gasteiger partial charge is 0.365 e. The molecule has 0 aliphatic carbocycles. The van der Waals surface area contributed by atoms with Gasteiger partial charge in [0.05, 0.1) is 33.8 Å². The zero-order valence-electron chi connectivity index (χ0n) is 20.9. The van der Waals surface area contributed by atoms with Crippen molar-refractivity contribution in [3.05, 3.63) is 96.4 Å². The second-order valence-electron chi connectivity index (χ2n) is 9.54. The van der Waals surface area contributed by atoms with Crippen molar-refractivity contribution in [3.8, 4) is 11.3 Å². The maximum atomic E-state index is 13.6. The van der Waals surface area contributed by atoms with Crippen molar-refractivity contribution < 1.29 is 9.66 Å². The molecule has 0 N–H and O–H groups in total. The number of benzene rings is 2. The van der Waals surface area contributed by atoms with Gasteiger partial charge in [-0.05, 0) is 13.0 Å². The normalized spacial score (nSPS) is 15.4. The minimum atomic E-state index is -0.547. The molecule has 188 valence electrons. The Morgan fingerprint density at radius 1 is 1.05 bits per heavy atom. The third-order valence-corrected chi connectivity index (χ3v) is 7.44. The zero-order chi connectivity index (χ0) is 26.2. The average Bonchev–Trinajstić information content (AvgIpc) is 3.42. The predicted molar refractivity (Wildman–Crippen MR) is 140 cm³/mol. The van der Waals surface area contributed by atoms with E-state index in [0.717, 1.165) is 21.0 Å². The molecule has 37 heavy (non-hydrogen) atoms. The fourth-order valence-corrected chi connectivity index (χ4v) is 5.65. The van der Waals surface area contributed by atoms with Crippen molar-refractivity contribution in [2.24, 2.45) is 21.1 Å². The first-order chi connectivity index (χ1) is 17.7. The van der Waals surface area contributed by atoms with E-state index in [9.17, 15) is 19.7 Å². The van der Waals surface area contributed by atoms with Gasteiger partial charge in [0.25, 0.3) is 11.2 Å². The van der Waals surface area contributed by atoms with Crippen LogP contribution in [0.5, 0.6) is 0 Å². The van der Waals surface area contributed by atoms with Crippen molar-refractivity contribution in [3.63, 3.8) is 0 Å². The molecule has 0 amide bonds.